The van der Waals surface area contributed by atoms with E-state index in [0.29, 0.717) is 18.5 Å². The van der Waals surface area contributed by atoms with Crippen LogP contribution in [0.1, 0.15) is 48.5 Å². The topological polar surface area (TPSA) is 23.6 Å². The highest BCUT2D eigenvalue weighted by Gasteiger charge is 2.22. The molecule has 0 spiro atoms. The predicted molar refractivity (Wildman–Crippen MR) is 88.0 cm³/mol. The Hall–Kier alpha value is -1.19. The zero-order valence-corrected chi connectivity index (χ0v) is 13.8. The normalized spacial score (nSPS) is 17.6. The van der Waals surface area contributed by atoms with E-state index < -0.39 is 0 Å². The number of carbonyl (C=O) groups is 1. The SMILES string of the molecule is CC(C)c1ccc(C(=O)CN(C)C2CCN(C)CC2)cc1. The fourth-order valence-corrected chi connectivity index (χ4v) is 2.94. The van der Waals surface area contributed by atoms with E-state index in [0.717, 1.165) is 31.5 Å². The lowest BCUT2D eigenvalue weighted by atomic mass is 9.99. The van der Waals surface area contributed by atoms with Crippen LogP contribution in [0.15, 0.2) is 24.3 Å². The Bertz CT molecular complexity index is 459. The van der Waals surface area contributed by atoms with Crippen molar-refractivity contribution in [3.63, 3.8) is 0 Å². The molecule has 0 bridgehead atoms. The van der Waals surface area contributed by atoms with Crippen LogP contribution in [0.2, 0.25) is 0 Å². The molecule has 3 heteroatoms. The maximum absolute atomic E-state index is 12.4. The third-order valence-corrected chi connectivity index (χ3v) is 4.60. The molecule has 1 fully saturated rings. The van der Waals surface area contributed by atoms with Crippen molar-refractivity contribution in [3.8, 4) is 0 Å². The Morgan fingerprint density at radius 1 is 1.24 bits per heavy atom. The van der Waals surface area contributed by atoms with Crippen molar-refractivity contribution in [1.82, 2.24) is 9.80 Å². The number of Topliss-reactive ketones (excluding diaryl/α,β-unsaturated/α-hetero) is 1. The van der Waals surface area contributed by atoms with Crippen molar-refractivity contribution in [2.45, 2.75) is 38.6 Å². The average Bonchev–Trinajstić information content (AvgIpc) is 2.47. The van der Waals surface area contributed by atoms with E-state index in [-0.39, 0.29) is 5.78 Å². The van der Waals surface area contributed by atoms with E-state index >= 15 is 0 Å². The van der Waals surface area contributed by atoms with Crippen LogP contribution in [-0.2, 0) is 0 Å². The van der Waals surface area contributed by atoms with Crippen molar-refractivity contribution < 1.29 is 4.79 Å². The Morgan fingerprint density at radius 2 is 1.81 bits per heavy atom. The fraction of sp³-hybridized carbons (Fsp3) is 0.611. The number of likely N-dealkylation sites (N-methyl/N-ethyl adjacent to an activating group) is 1. The number of nitrogens with zero attached hydrogens (tertiary/aromatic N) is 2. The molecule has 1 aliphatic heterocycles. The molecule has 3 nitrogen and oxygen atoms in total. The van der Waals surface area contributed by atoms with Crippen molar-refractivity contribution >= 4 is 5.78 Å². The van der Waals surface area contributed by atoms with Crippen LogP contribution in [0.5, 0.6) is 0 Å². The predicted octanol–water partition coefficient (Wildman–Crippen LogP) is 3.02. The first-order valence-electron chi connectivity index (χ1n) is 7.99. The summed E-state index contributed by atoms with van der Waals surface area (Å²) < 4.78 is 0. The van der Waals surface area contributed by atoms with E-state index in [2.05, 4.69) is 49.9 Å². The molecule has 1 saturated heterocycles. The summed E-state index contributed by atoms with van der Waals surface area (Å²) in [5, 5.41) is 0. The van der Waals surface area contributed by atoms with Gasteiger partial charge in [0, 0.05) is 11.6 Å². The second-order valence-electron chi connectivity index (χ2n) is 6.65. The molecule has 116 valence electrons. The van der Waals surface area contributed by atoms with Crippen LogP contribution < -0.4 is 0 Å². The second-order valence-corrected chi connectivity index (χ2v) is 6.65. The summed E-state index contributed by atoms with van der Waals surface area (Å²) in [7, 11) is 4.24. The van der Waals surface area contributed by atoms with Gasteiger partial charge in [0.2, 0.25) is 0 Å². The quantitative estimate of drug-likeness (QED) is 0.778. The first-order valence-corrected chi connectivity index (χ1v) is 7.99. The number of ketones is 1. The molecule has 0 radical (unpaired) electrons. The number of likely N-dealkylation sites (tertiary alicyclic amines) is 1. The maximum Gasteiger partial charge on any atom is 0.176 e. The highest BCUT2D eigenvalue weighted by molar-refractivity contribution is 5.97. The van der Waals surface area contributed by atoms with Crippen molar-refractivity contribution in [3.05, 3.63) is 35.4 Å². The highest BCUT2D eigenvalue weighted by Crippen LogP contribution is 2.17. The smallest absolute Gasteiger partial charge is 0.176 e. The minimum atomic E-state index is 0.228. The van der Waals surface area contributed by atoms with E-state index in [1.807, 2.05) is 12.1 Å². The number of hydrogen-bond donors (Lipinski definition) is 0. The minimum absolute atomic E-state index is 0.228. The van der Waals surface area contributed by atoms with Gasteiger partial charge in [0.15, 0.2) is 5.78 Å². The van der Waals surface area contributed by atoms with Gasteiger partial charge in [-0.3, -0.25) is 9.69 Å². The lowest BCUT2D eigenvalue weighted by Crippen LogP contribution is -2.43. The second kappa shape index (κ2) is 7.19. The van der Waals surface area contributed by atoms with Crippen LogP contribution in [0.3, 0.4) is 0 Å². The van der Waals surface area contributed by atoms with Crippen LogP contribution in [0.4, 0.5) is 0 Å². The largest absolute Gasteiger partial charge is 0.306 e. The van der Waals surface area contributed by atoms with Crippen molar-refractivity contribution in [2.75, 3.05) is 33.7 Å². The van der Waals surface area contributed by atoms with Gasteiger partial charge in [-0.25, -0.2) is 0 Å². The molecule has 0 N–H and O–H groups in total. The summed E-state index contributed by atoms with van der Waals surface area (Å²) in [6.07, 6.45) is 2.32. The Morgan fingerprint density at radius 3 is 2.33 bits per heavy atom. The Balaban J connectivity index is 1.91. The number of rotatable bonds is 5. The zero-order chi connectivity index (χ0) is 15.4. The molecule has 0 amide bonds. The molecule has 1 aliphatic rings. The number of carbonyl (C=O) groups excluding carboxylic acids is 1. The van der Waals surface area contributed by atoms with E-state index in [1.54, 1.807) is 0 Å². The van der Waals surface area contributed by atoms with Gasteiger partial charge in [0.1, 0.15) is 0 Å². The lowest BCUT2D eigenvalue weighted by Gasteiger charge is -2.34. The van der Waals surface area contributed by atoms with Gasteiger partial charge >= 0.3 is 0 Å². The van der Waals surface area contributed by atoms with Gasteiger partial charge in [-0.05, 0) is 51.5 Å². The number of benzene rings is 1. The highest BCUT2D eigenvalue weighted by atomic mass is 16.1. The number of hydrogen-bond acceptors (Lipinski definition) is 3. The first kappa shape index (κ1) is 16.2. The lowest BCUT2D eigenvalue weighted by molar-refractivity contribution is 0.0871. The van der Waals surface area contributed by atoms with Gasteiger partial charge in [0.25, 0.3) is 0 Å². The summed E-state index contributed by atoms with van der Waals surface area (Å²) in [5.74, 6) is 0.739. The molecule has 0 aliphatic carbocycles. The average molecular weight is 288 g/mol. The molecular weight excluding hydrogens is 260 g/mol. The summed E-state index contributed by atoms with van der Waals surface area (Å²) in [5.41, 5.74) is 2.12. The molecular formula is C18H28N2O. The Labute approximate surface area is 128 Å². The van der Waals surface area contributed by atoms with E-state index in [1.165, 1.54) is 5.56 Å². The van der Waals surface area contributed by atoms with Gasteiger partial charge in [-0.15, -0.1) is 0 Å². The third kappa shape index (κ3) is 4.39. The molecule has 0 atom stereocenters. The van der Waals surface area contributed by atoms with Crippen LogP contribution in [0, 0.1) is 0 Å². The van der Waals surface area contributed by atoms with Crippen molar-refractivity contribution in [2.24, 2.45) is 0 Å². The standard InChI is InChI=1S/C18H28N2O/c1-14(2)15-5-7-16(8-6-15)18(21)13-20(4)17-9-11-19(3)12-10-17/h5-8,14,17H,9-13H2,1-4H3. The molecule has 21 heavy (non-hydrogen) atoms. The fourth-order valence-electron chi connectivity index (χ4n) is 2.94. The summed E-state index contributed by atoms with van der Waals surface area (Å²) in [6, 6.07) is 8.64. The summed E-state index contributed by atoms with van der Waals surface area (Å²) in [4.78, 5) is 17.0. The minimum Gasteiger partial charge on any atom is -0.306 e. The third-order valence-electron chi connectivity index (χ3n) is 4.60. The first-order chi connectivity index (χ1) is 9.97. The van der Waals surface area contributed by atoms with E-state index in [9.17, 15) is 4.79 Å². The summed E-state index contributed by atoms with van der Waals surface area (Å²) in [6.45, 7) is 7.13. The molecule has 0 unspecified atom stereocenters. The van der Waals surface area contributed by atoms with Gasteiger partial charge in [-0.1, -0.05) is 38.1 Å². The molecule has 1 aromatic carbocycles. The van der Waals surface area contributed by atoms with Crippen molar-refractivity contribution in [1.29, 1.82) is 0 Å². The zero-order valence-electron chi connectivity index (χ0n) is 13.8. The monoisotopic (exact) mass is 288 g/mol. The van der Waals surface area contributed by atoms with E-state index in [4.69, 9.17) is 0 Å². The Kier molecular flexibility index (Phi) is 5.54. The molecule has 0 aromatic heterocycles. The van der Waals surface area contributed by atoms with Gasteiger partial charge in [-0.2, -0.15) is 0 Å². The van der Waals surface area contributed by atoms with Crippen LogP contribution >= 0.6 is 0 Å². The van der Waals surface area contributed by atoms with Crippen LogP contribution in [-0.4, -0.2) is 55.4 Å². The molecule has 1 aromatic rings. The molecule has 1 heterocycles. The molecule has 0 saturated carbocycles. The summed E-state index contributed by atoms with van der Waals surface area (Å²) >= 11 is 0. The molecule has 2 rings (SSSR count). The maximum atomic E-state index is 12.4. The van der Waals surface area contributed by atoms with Gasteiger partial charge < -0.3 is 4.90 Å². The van der Waals surface area contributed by atoms with Crippen LogP contribution in [0.25, 0.3) is 0 Å². The van der Waals surface area contributed by atoms with Gasteiger partial charge in [0.05, 0.1) is 6.54 Å². The number of piperidine rings is 1.